The Kier molecular flexibility index (Phi) is 7.80. The Bertz CT molecular complexity index is 1210. The van der Waals surface area contributed by atoms with Crippen molar-refractivity contribution in [2.24, 2.45) is 4.99 Å². The van der Waals surface area contributed by atoms with Crippen molar-refractivity contribution in [3.8, 4) is 5.75 Å². The molecular formula is C30H37N5O2. The molecule has 2 aromatic carbocycles. The number of aliphatic hydroxyl groups is 1. The number of piperidine rings is 1. The molecule has 5 rings (SSSR count). The van der Waals surface area contributed by atoms with E-state index in [1.165, 1.54) is 0 Å². The molecule has 0 aliphatic carbocycles. The van der Waals surface area contributed by atoms with E-state index < -0.39 is 0 Å². The number of allylic oxidation sites excluding steroid dienone is 2. The smallest absolute Gasteiger partial charge is 0.155 e. The van der Waals surface area contributed by atoms with Gasteiger partial charge in [-0.25, -0.2) is 4.99 Å². The predicted molar refractivity (Wildman–Crippen MR) is 153 cm³/mol. The number of ether oxygens (including phenoxy) is 1. The zero-order chi connectivity index (χ0) is 25.6. The predicted octanol–water partition coefficient (Wildman–Crippen LogP) is 5.79. The monoisotopic (exact) mass is 499 g/mol. The van der Waals surface area contributed by atoms with Gasteiger partial charge in [-0.05, 0) is 68.7 Å². The van der Waals surface area contributed by atoms with Crippen LogP contribution in [0.4, 0.5) is 17.1 Å². The first kappa shape index (κ1) is 25.0. The van der Waals surface area contributed by atoms with E-state index in [0.29, 0.717) is 13.2 Å². The molecule has 1 atom stereocenters. The molecule has 0 radical (unpaired) electrons. The van der Waals surface area contributed by atoms with Crippen LogP contribution >= 0.6 is 0 Å². The van der Waals surface area contributed by atoms with Crippen molar-refractivity contribution in [1.82, 2.24) is 4.90 Å². The molecule has 0 saturated carbocycles. The van der Waals surface area contributed by atoms with Crippen LogP contribution < -0.4 is 20.3 Å². The summed E-state index contributed by atoms with van der Waals surface area (Å²) in [6, 6.07) is 14.6. The van der Waals surface area contributed by atoms with Crippen LogP contribution in [0.3, 0.4) is 0 Å². The quantitative estimate of drug-likeness (QED) is 0.467. The zero-order valence-electron chi connectivity index (χ0n) is 21.8. The van der Waals surface area contributed by atoms with Gasteiger partial charge in [-0.3, -0.25) is 0 Å². The molecule has 1 saturated heterocycles. The normalized spacial score (nSPS) is 20.7. The standard InChI is InChI=1S/C30H37N5O2/c1-3-5-8-28-30(32-23-10-12-24(13-11-23)34-17-6-7-25(36)20-34)33-27(21-35(28)16-4-2)22-9-14-29-26(19-22)31-15-18-37-29/h4,8-14,16,19,21,25,31,36H,3,5-7,15,17-18,20H2,1-2H3,(H,32,33)/b16-4-,28-8+/t25-/m0/s1. The lowest BCUT2D eigenvalue weighted by Gasteiger charge is -2.32. The third kappa shape index (κ3) is 5.83. The zero-order valence-corrected chi connectivity index (χ0v) is 21.8. The molecule has 37 heavy (non-hydrogen) atoms. The number of benzene rings is 2. The fourth-order valence-electron chi connectivity index (χ4n) is 4.91. The largest absolute Gasteiger partial charge is 0.490 e. The topological polar surface area (TPSA) is 72.4 Å². The Morgan fingerprint density at radius 3 is 2.86 bits per heavy atom. The molecular weight excluding hydrogens is 462 g/mol. The molecule has 7 nitrogen and oxygen atoms in total. The molecule has 0 bridgehead atoms. The van der Waals surface area contributed by atoms with E-state index in [4.69, 9.17) is 9.73 Å². The number of anilines is 3. The second kappa shape index (κ2) is 11.6. The number of hydrogen-bond donors (Lipinski definition) is 3. The van der Waals surface area contributed by atoms with E-state index in [1.54, 1.807) is 0 Å². The molecule has 3 aliphatic heterocycles. The summed E-state index contributed by atoms with van der Waals surface area (Å²) < 4.78 is 5.77. The second-order valence-corrected chi connectivity index (χ2v) is 9.64. The first-order valence-electron chi connectivity index (χ1n) is 13.4. The molecule has 0 unspecified atom stereocenters. The van der Waals surface area contributed by atoms with Crippen molar-refractivity contribution < 1.29 is 9.84 Å². The number of aliphatic hydroxyl groups excluding tert-OH is 1. The molecule has 194 valence electrons. The van der Waals surface area contributed by atoms with Crippen LogP contribution in [0.25, 0.3) is 5.70 Å². The first-order valence-corrected chi connectivity index (χ1v) is 13.4. The maximum atomic E-state index is 10.1. The van der Waals surface area contributed by atoms with Gasteiger partial charge >= 0.3 is 0 Å². The highest BCUT2D eigenvalue weighted by atomic mass is 16.5. The van der Waals surface area contributed by atoms with E-state index in [9.17, 15) is 5.11 Å². The van der Waals surface area contributed by atoms with Gasteiger partial charge in [0.1, 0.15) is 12.4 Å². The number of rotatable bonds is 6. The molecule has 0 spiro atoms. The minimum atomic E-state index is -0.248. The number of amidine groups is 1. The summed E-state index contributed by atoms with van der Waals surface area (Å²) in [5, 5.41) is 17.1. The highest BCUT2D eigenvalue weighted by molar-refractivity contribution is 6.11. The first-order chi connectivity index (χ1) is 18.1. The summed E-state index contributed by atoms with van der Waals surface area (Å²) in [5.41, 5.74) is 6.05. The van der Waals surface area contributed by atoms with E-state index >= 15 is 0 Å². The van der Waals surface area contributed by atoms with Crippen molar-refractivity contribution in [3.05, 3.63) is 78.3 Å². The van der Waals surface area contributed by atoms with Crippen LogP contribution in [-0.2, 0) is 0 Å². The van der Waals surface area contributed by atoms with Crippen LogP contribution in [0.5, 0.6) is 5.75 Å². The maximum absolute atomic E-state index is 10.1. The minimum Gasteiger partial charge on any atom is -0.490 e. The Labute approximate surface area is 219 Å². The van der Waals surface area contributed by atoms with Crippen molar-refractivity contribution in [1.29, 1.82) is 0 Å². The number of nitrogens with zero attached hydrogens (tertiary/aromatic N) is 3. The Hall–Kier alpha value is -3.71. The minimum absolute atomic E-state index is 0.248. The summed E-state index contributed by atoms with van der Waals surface area (Å²) in [5.74, 6) is 1.69. The highest BCUT2D eigenvalue weighted by Crippen LogP contribution is 2.34. The molecule has 3 aliphatic rings. The number of nitrogens with one attached hydrogen (secondary N) is 2. The van der Waals surface area contributed by atoms with Crippen molar-refractivity contribution in [3.63, 3.8) is 0 Å². The van der Waals surface area contributed by atoms with E-state index in [2.05, 4.69) is 82.2 Å². The molecule has 3 N–H and O–H groups in total. The lowest BCUT2D eigenvalue weighted by Crippen LogP contribution is -2.38. The van der Waals surface area contributed by atoms with Crippen molar-refractivity contribution in [2.45, 2.75) is 45.6 Å². The second-order valence-electron chi connectivity index (χ2n) is 9.64. The summed E-state index contributed by atoms with van der Waals surface area (Å²) in [6.45, 7) is 7.36. The van der Waals surface area contributed by atoms with E-state index in [1.807, 2.05) is 19.1 Å². The lowest BCUT2D eigenvalue weighted by molar-refractivity contribution is 0.154. The summed E-state index contributed by atoms with van der Waals surface area (Å²) >= 11 is 0. The number of aliphatic imine (C=N–C) groups is 1. The summed E-state index contributed by atoms with van der Waals surface area (Å²) in [4.78, 5) is 9.50. The SMILES string of the molecule is C/C=C\N1C=C(c2ccc3c(c2)NCCO3)N=C(Nc2ccc(N3CCC[C@H](O)C3)cc2)/C1=C\CCC. The lowest BCUT2D eigenvalue weighted by atomic mass is 10.1. The fourth-order valence-corrected chi connectivity index (χ4v) is 4.91. The van der Waals surface area contributed by atoms with Crippen LogP contribution in [0, 0.1) is 0 Å². The van der Waals surface area contributed by atoms with Crippen LogP contribution in [0.2, 0.25) is 0 Å². The average molecular weight is 500 g/mol. The van der Waals surface area contributed by atoms with Crippen LogP contribution in [0.15, 0.2) is 77.7 Å². The fraction of sp³-hybridized carbons (Fsp3) is 0.367. The van der Waals surface area contributed by atoms with Gasteiger partial charge in [-0.1, -0.05) is 25.5 Å². The van der Waals surface area contributed by atoms with Crippen molar-refractivity contribution >= 4 is 28.6 Å². The molecule has 0 aromatic heterocycles. The van der Waals surface area contributed by atoms with Gasteiger partial charge in [0, 0.05) is 49.0 Å². The Morgan fingerprint density at radius 1 is 1.22 bits per heavy atom. The maximum Gasteiger partial charge on any atom is 0.155 e. The Balaban J connectivity index is 1.45. The molecule has 3 heterocycles. The van der Waals surface area contributed by atoms with Gasteiger partial charge in [-0.15, -0.1) is 0 Å². The van der Waals surface area contributed by atoms with Gasteiger partial charge < -0.3 is 30.3 Å². The molecule has 2 aromatic rings. The van der Waals surface area contributed by atoms with Gasteiger partial charge in [-0.2, -0.15) is 0 Å². The van der Waals surface area contributed by atoms with Crippen LogP contribution in [-0.4, -0.2) is 48.2 Å². The Morgan fingerprint density at radius 2 is 2.08 bits per heavy atom. The number of fused-ring (bicyclic) bond motifs is 1. The van der Waals surface area contributed by atoms with Crippen molar-refractivity contribution in [2.75, 3.05) is 41.8 Å². The molecule has 1 fully saturated rings. The van der Waals surface area contributed by atoms with Gasteiger partial charge in [0.25, 0.3) is 0 Å². The number of hydrogen-bond acceptors (Lipinski definition) is 7. The number of β-amino-alcohol motifs (C(OH)–C–C–N with tert-alkyl or cyclic N) is 1. The van der Waals surface area contributed by atoms with E-state index in [-0.39, 0.29) is 6.10 Å². The van der Waals surface area contributed by atoms with Gasteiger partial charge in [0.2, 0.25) is 0 Å². The van der Waals surface area contributed by atoms with Gasteiger partial charge in [0.05, 0.1) is 23.2 Å². The molecule has 0 amide bonds. The van der Waals surface area contributed by atoms with Crippen LogP contribution in [0.1, 0.15) is 45.1 Å². The third-order valence-electron chi connectivity index (χ3n) is 6.79. The highest BCUT2D eigenvalue weighted by Gasteiger charge is 2.22. The summed E-state index contributed by atoms with van der Waals surface area (Å²) in [7, 11) is 0. The molecule has 7 heteroatoms. The van der Waals surface area contributed by atoms with Gasteiger partial charge in [0.15, 0.2) is 5.84 Å². The number of unbranched alkanes of at least 4 members (excludes halogenated alkanes) is 1. The average Bonchev–Trinajstić information content (AvgIpc) is 2.93. The van der Waals surface area contributed by atoms with E-state index in [0.717, 1.165) is 84.4 Å². The summed E-state index contributed by atoms with van der Waals surface area (Å²) in [6.07, 6.45) is 12.1. The third-order valence-corrected chi connectivity index (χ3v) is 6.79.